The summed E-state index contributed by atoms with van der Waals surface area (Å²) in [6, 6.07) is 1.60. The van der Waals surface area contributed by atoms with E-state index in [1.54, 1.807) is 6.07 Å². The van der Waals surface area contributed by atoms with E-state index in [0.29, 0.717) is 25.1 Å². The van der Waals surface area contributed by atoms with Gasteiger partial charge in [0, 0.05) is 36.9 Å². The summed E-state index contributed by atoms with van der Waals surface area (Å²) in [6.07, 6.45) is 19.3. The maximum absolute atomic E-state index is 11.6. The Kier molecular flexibility index (Phi) is 11.1. The van der Waals surface area contributed by atoms with Crippen LogP contribution in [0.3, 0.4) is 0 Å². The van der Waals surface area contributed by atoms with E-state index in [9.17, 15) is 19.8 Å². The fourth-order valence-corrected chi connectivity index (χ4v) is 4.11. The van der Waals surface area contributed by atoms with E-state index in [0.717, 1.165) is 19.3 Å². The molecule has 0 saturated carbocycles. The Morgan fingerprint density at radius 2 is 1.56 bits per heavy atom. The molecular formula is C26H40N2O4. The van der Waals surface area contributed by atoms with E-state index >= 15 is 0 Å². The van der Waals surface area contributed by atoms with E-state index in [-0.39, 0.29) is 29.5 Å². The summed E-state index contributed by atoms with van der Waals surface area (Å²) >= 11 is 0. The maximum Gasteiger partial charge on any atom is 0.253 e. The molecule has 6 nitrogen and oxygen atoms in total. The van der Waals surface area contributed by atoms with Crippen molar-refractivity contribution in [1.29, 1.82) is 0 Å². The third-order valence-corrected chi connectivity index (χ3v) is 6.07. The highest BCUT2D eigenvalue weighted by molar-refractivity contribution is 6.12. The minimum Gasteiger partial charge on any atom is -0.494 e. The lowest BCUT2D eigenvalue weighted by Crippen LogP contribution is -2.31. The Hall–Kier alpha value is -2.50. The lowest BCUT2D eigenvalue weighted by molar-refractivity contribution is -0.136. The first-order valence-corrected chi connectivity index (χ1v) is 12.3. The number of aromatic hydroxyl groups is 2. The van der Waals surface area contributed by atoms with Crippen molar-refractivity contribution >= 4 is 17.9 Å². The molecule has 6 heteroatoms. The number of aromatic nitrogens is 1. The predicted molar refractivity (Wildman–Crippen MR) is 128 cm³/mol. The molecule has 0 aromatic carbocycles. The molecule has 2 rings (SSSR count). The normalized spacial score (nSPS) is 14.9. The highest BCUT2D eigenvalue weighted by atomic mass is 16.3. The Morgan fingerprint density at radius 3 is 2.22 bits per heavy atom. The second-order valence-corrected chi connectivity index (χ2v) is 8.97. The standard InChI is InChI=1S/C26H40N2O4/c1-3-4-5-6-7-8-9-10-11-12-15-22-19-25(31)28(26(22)32)20-21(2)14-13-18-27-23(29)16-17-24(27)30/h12,15-17,19,21,31-32H,3-11,13-14,18,20H2,1-2H3/b15-12+. The number of imide groups is 1. The molecule has 32 heavy (non-hydrogen) atoms. The van der Waals surface area contributed by atoms with Crippen LogP contribution in [-0.2, 0) is 16.1 Å². The van der Waals surface area contributed by atoms with Crippen molar-refractivity contribution in [2.24, 2.45) is 5.92 Å². The second-order valence-electron chi connectivity index (χ2n) is 8.97. The van der Waals surface area contributed by atoms with Gasteiger partial charge < -0.3 is 10.2 Å². The van der Waals surface area contributed by atoms with Crippen LogP contribution in [0.25, 0.3) is 6.08 Å². The van der Waals surface area contributed by atoms with Crippen molar-refractivity contribution in [1.82, 2.24) is 9.47 Å². The van der Waals surface area contributed by atoms with Crippen LogP contribution in [0.2, 0.25) is 0 Å². The van der Waals surface area contributed by atoms with Gasteiger partial charge >= 0.3 is 0 Å². The Bertz CT molecular complexity index is 776. The zero-order chi connectivity index (χ0) is 23.3. The first-order valence-electron chi connectivity index (χ1n) is 12.3. The summed E-state index contributed by atoms with van der Waals surface area (Å²) in [7, 11) is 0. The number of hydrogen-bond acceptors (Lipinski definition) is 4. The van der Waals surface area contributed by atoms with Gasteiger partial charge in [0.05, 0.1) is 0 Å². The van der Waals surface area contributed by atoms with E-state index in [1.165, 1.54) is 66.6 Å². The van der Waals surface area contributed by atoms with Crippen molar-refractivity contribution < 1.29 is 19.8 Å². The van der Waals surface area contributed by atoms with Gasteiger partial charge in [-0.3, -0.25) is 19.1 Å². The summed E-state index contributed by atoms with van der Waals surface area (Å²) in [5.41, 5.74) is 0.633. The van der Waals surface area contributed by atoms with Crippen molar-refractivity contribution in [3.8, 4) is 11.8 Å². The van der Waals surface area contributed by atoms with Gasteiger partial charge in [0.1, 0.15) is 0 Å². The van der Waals surface area contributed by atoms with Gasteiger partial charge in [0.25, 0.3) is 11.8 Å². The zero-order valence-electron chi connectivity index (χ0n) is 19.8. The third-order valence-electron chi connectivity index (χ3n) is 6.07. The van der Waals surface area contributed by atoms with Crippen LogP contribution in [0, 0.1) is 5.92 Å². The molecule has 2 heterocycles. The highest BCUT2D eigenvalue weighted by Gasteiger charge is 2.23. The Labute approximate surface area is 192 Å². The minimum atomic E-state index is -0.258. The fourth-order valence-electron chi connectivity index (χ4n) is 4.11. The summed E-state index contributed by atoms with van der Waals surface area (Å²) in [6.45, 7) is 5.14. The minimum absolute atomic E-state index is 0.0511. The first kappa shape index (κ1) is 25.8. The second kappa shape index (κ2) is 13.8. The van der Waals surface area contributed by atoms with Gasteiger partial charge in [-0.2, -0.15) is 0 Å². The molecule has 1 aromatic heterocycles. The largest absolute Gasteiger partial charge is 0.494 e. The molecule has 0 aliphatic carbocycles. The average molecular weight is 445 g/mol. The molecule has 1 atom stereocenters. The number of rotatable bonds is 16. The highest BCUT2D eigenvalue weighted by Crippen LogP contribution is 2.30. The lowest BCUT2D eigenvalue weighted by Gasteiger charge is -2.17. The van der Waals surface area contributed by atoms with E-state index in [4.69, 9.17) is 0 Å². The summed E-state index contributed by atoms with van der Waals surface area (Å²) in [5, 5.41) is 20.8. The van der Waals surface area contributed by atoms with Crippen LogP contribution in [-0.4, -0.2) is 38.0 Å². The van der Waals surface area contributed by atoms with Crippen LogP contribution in [0.4, 0.5) is 0 Å². The SMILES string of the molecule is CCCCCCCCCC/C=C/c1cc(O)n(CC(C)CCCN2C(=O)C=CC2=O)c1O. The molecule has 178 valence electrons. The summed E-state index contributed by atoms with van der Waals surface area (Å²) in [4.78, 5) is 24.4. The molecule has 0 bridgehead atoms. The quantitative estimate of drug-likeness (QED) is 0.250. The van der Waals surface area contributed by atoms with Crippen molar-refractivity contribution in [3.05, 3.63) is 29.9 Å². The number of hydrogen-bond donors (Lipinski definition) is 2. The van der Waals surface area contributed by atoms with Gasteiger partial charge in [-0.25, -0.2) is 0 Å². The van der Waals surface area contributed by atoms with E-state index < -0.39 is 0 Å². The molecule has 1 aromatic rings. The molecule has 1 unspecified atom stereocenters. The molecule has 0 fully saturated rings. The average Bonchev–Trinajstić information content (AvgIpc) is 3.22. The summed E-state index contributed by atoms with van der Waals surface area (Å²) in [5.74, 6) is -0.210. The number of unbranched alkanes of at least 4 members (excludes halogenated alkanes) is 8. The molecule has 2 N–H and O–H groups in total. The van der Waals surface area contributed by atoms with E-state index in [1.807, 2.05) is 13.0 Å². The number of allylic oxidation sites excluding steroid dienone is 1. The van der Waals surface area contributed by atoms with Crippen LogP contribution in [0.15, 0.2) is 24.3 Å². The molecule has 0 spiro atoms. The van der Waals surface area contributed by atoms with Crippen LogP contribution >= 0.6 is 0 Å². The molecular weight excluding hydrogens is 404 g/mol. The van der Waals surface area contributed by atoms with Crippen LogP contribution < -0.4 is 0 Å². The molecule has 1 aliphatic heterocycles. The van der Waals surface area contributed by atoms with Crippen LogP contribution in [0.1, 0.15) is 90.0 Å². The lowest BCUT2D eigenvalue weighted by atomic mass is 10.1. The Balaban J connectivity index is 1.69. The van der Waals surface area contributed by atoms with E-state index in [2.05, 4.69) is 13.0 Å². The fraction of sp³-hybridized carbons (Fsp3) is 0.615. The first-order chi connectivity index (χ1) is 15.4. The maximum atomic E-state index is 11.6. The molecule has 0 saturated heterocycles. The van der Waals surface area contributed by atoms with Gasteiger partial charge in [0.15, 0.2) is 5.88 Å². The number of carbonyl (C=O) groups is 2. The van der Waals surface area contributed by atoms with Gasteiger partial charge in [-0.1, -0.05) is 70.9 Å². The van der Waals surface area contributed by atoms with Crippen molar-refractivity contribution in [2.45, 2.75) is 91.0 Å². The van der Waals surface area contributed by atoms with Crippen molar-refractivity contribution in [2.75, 3.05) is 6.54 Å². The van der Waals surface area contributed by atoms with Gasteiger partial charge in [-0.05, 0) is 31.6 Å². The predicted octanol–water partition coefficient (Wildman–Crippen LogP) is 5.78. The number of nitrogens with zero attached hydrogens (tertiary/aromatic N) is 2. The van der Waals surface area contributed by atoms with Crippen LogP contribution in [0.5, 0.6) is 11.8 Å². The smallest absolute Gasteiger partial charge is 0.253 e. The third kappa shape index (κ3) is 8.21. The monoisotopic (exact) mass is 444 g/mol. The number of carbonyl (C=O) groups excluding carboxylic acids is 2. The zero-order valence-corrected chi connectivity index (χ0v) is 19.8. The number of amides is 2. The van der Waals surface area contributed by atoms with Crippen molar-refractivity contribution in [3.63, 3.8) is 0 Å². The molecule has 0 radical (unpaired) electrons. The molecule has 2 amide bonds. The summed E-state index contributed by atoms with van der Waals surface area (Å²) < 4.78 is 1.52. The Morgan fingerprint density at radius 1 is 0.938 bits per heavy atom. The molecule has 1 aliphatic rings. The topological polar surface area (TPSA) is 82.8 Å². The van der Waals surface area contributed by atoms with Gasteiger partial charge in [0.2, 0.25) is 5.88 Å². The van der Waals surface area contributed by atoms with Gasteiger partial charge in [-0.15, -0.1) is 0 Å².